The summed E-state index contributed by atoms with van der Waals surface area (Å²) < 4.78 is 39.8. The number of rotatable bonds is 11. The molecule has 0 bridgehead atoms. The van der Waals surface area contributed by atoms with E-state index in [2.05, 4.69) is 0 Å². The van der Waals surface area contributed by atoms with Crippen LogP contribution in [0.15, 0.2) is 48.5 Å². The number of hydrogen-bond donors (Lipinski definition) is 4. The van der Waals surface area contributed by atoms with Crippen LogP contribution in [-0.2, 0) is 9.47 Å². The van der Waals surface area contributed by atoms with Gasteiger partial charge in [-0.25, -0.2) is 0 Å². The molecular weight excluding hydrogens is 548 g/mol. The summed E-state index contributed by atoms with van der Waals surface area (Å²) in [4.78, 5) is 0. The third-order valence-corrected chi connectivity index (χ3v) is 7.97. The number of hydrogen-bond acceptors (Lipinski definition) is 11. The number of benzene rings is 3. The van der Waals surface area contributed by atoms with Crippen LogP contribution in [0.1, 0.15) is 35.0 Å². The fraction of sp³-hybridized carbons (Fsp3) is 0.419. The number of methoxy groups -OCH3 is 4. The van der Waals surface area contributed by atoms with Gasteiger partial charge < -0.3 is 53.6 Å². The molecule has 0 aromatic heterocycles. The number of fused-ring (bicyclic) bond motifs is 1. The van der Waals surface area contributed by atoms with Gasteiger partial charge in [-0.1, -0.05) is 6.07 Å². The molecule has 11 heteroatoms. The Balaban J connectivity index is 1.33. The predicted octanol–water partition coefficient (Wildman–Crippen LogP) is 3.68. The second-order valence-electron chi connectivity index (χ2n) is 10.2. The van der Waals surface area contributed by atoms with Gasteiger partial charge in [0.1, 0.15) is 17.6 Å². The van der Waals surface area contributed by atoms with Crippen molar-refractivity contribution in [3.05, 3.63) is 65.2 Å². The summed E-state index contributed by atoms with van der Waals surface area (Å²) in [6.07, 6.45) is -2.79. The predicted molar refractivity (Wildman–Crippen MR) is 150 cm³/mol. The van der Waals surface area contributed by atoms with E-state index in [9.17, 15) is 20.4 Å². The van der Waals surface area contributed by atoms with Crippen LogP contribution in [0.25, 0.3) is 0 Å². The van der Waals surface area contributed by atoms with E-state index >= 15 is 0 Å². The van der Waals surface area contributed by atoms with Crippen molar-refractivity contribution in [2.24, 2.45) is 11.8 Å². The summed E-state index contributed by atoms with van der Waals surface area (Å²) in [6.45, 7) is 0.485. The monoisotopic (exact) mass is 584 g/mol. The minimum Gasteiger partial charge on any atom is -0.504 e. The van der Waals surface area contributed by atoms with Gasteiger partial charge in [0.25, 0.3) is 0 Å². The van der Waals surface area contributed by atoms with Crippen LogP contribution in [0, 0.1) is 11.8 Å². The van der Waals surface area contributed by atoms with Crippen molar-refractivity contribution in [2.45, 2.75) is 24.4 Å². The highest BCUT2D eigenvalue weighted by molar-refractivity contribution is 5.53. The molecule has 6 unspecified atom stereocenters. The Morgan fingerprint density at radius 3 is 2.00 bits per heavy atom. The van der Waals surface area contributed by atoms with Gasteiger partial charge in [-0.3, -0.25) is 0 Å². The molecule has 226 valence electrons. The molecule has 3 aromatic rings. The van der Waals surface area contributed by atoms with Gasteiger partial charge in [-0.2, -0.15) is 0 Å². The molecule has 0 aliphatic carbocycles. The van der Waals surface area contributed by atoms with E-state index in [0.717, 1.165) is 11.1 Å². The van der Waals surface area contributed by atoms with Crippen molar-refractivity contribution in [3.8, 4) is 40.2 Å². The smallest absolute Gasteiger partial charge is 0.200 e. The van der Waals surface area contributed by atoms with Crippen molar-refractivity contribution in [2.75, 3.05) is 48.3 Å². The molecule has 2 saturated heterocycles. The molecule has 11 nitrogen and oxygen atoms in total. The molecule has 42 heavy (non-hydrogen) atoms. The molecule has 2 fully saturated rings. The first-order valence-corrected chi connectivity index (χ1v) is 13.5. The van der Waals surface area contributed by atoms with Crippen molar-refractivity contribution in [1.82, 2.24) is 0 Å². The summed E-state index contributed by atoms with van der Waals surface area (Å²) in [5.41, 5.74) is 2.07. The Bertz CT molecular complexity index is 1370. The van der Waals surface area contributed by atoms with E-state index in [4.69, 9.17) is 33.2 Å². The van der Waals surface area contributed by atoms with Gasteiger partial charge in [0.15, 0.2) is 29.1 Å². The maximum Gasteiger partial charge on any atom is 0.200 e. The number of phenols is 2. The van der Waals surface area contributed by atoms with E-state index in [1.54, 1.807) is 31.4 Å². The molecule has 6 atom stereocenters. The van der Waals surface area contributed by atoms with Gasteiger partial charge in [-0.05, 0) is 47.5 Å². The van der Waals surface area contributed by atoms with E-state index in [-0.39, 0.29) is 47.0 Å². The molecule has 2 aliphatic rings. The van der Waals surface area contributed by atoms with Crippen LogP contribution in [0.5, 0.6) is 40.2 Å². The molecule has 2 aliphatic heterocycles. The number of aliphatic hydroxyl groups is 2. The Kier molecular flexibility index (Phi) is 8.83. The normalized spacial score (nSPS) is 22.7. The lowest BCUT2D eigenvalue weighted by Crippen LogP contribution is -2.29. The Morgan fingerprint density at radius 2 is 1.38 bits per heavy atom. The number of aliphatic hydroxyl groups excluding tert-OH is 2. The maximum atomic E-state index is 11.0. The average Bonchev–Trinajstić information content (AvgIpc) is 3.62. The Morgan fingerprint density at radius 1 is 0.762 bits per heavy atom. The minimum absolute atomic E-state index is 0.0712. The first-order chi connectivity index (χ1) is 20.3. The molecule has 4 N–H and O–H groups in total. The standard InChI is InChI=1S/C31H36O11/c1-36-23-12-18(42-27(13-32)28(34)17-10-25(38-3)29(35)26(11-17)39-4)6-7-19(23)31-21-15-40-30(20(21)14-41-31)16-5-8-22(33)24(9-16)37-2/h5-12,20-21,27-28,30-35H,13-15H2,1-4H3. The zero-order valence-electron chi connectivity index (χ0n) is 23.9. The van der Waals surface area contributed by atoms with Gasteiger partial charge >= 0.3 is 0 Å². The summed E-state index contributed by atoms with van der Waals surface area (Å²) in [7, 11) is 5.84. The van der Waals surface area contributed by atoms with E-state index in [0.29, 0.717) is 36.0 Å². The number of ether oxygens (including phenoxy) is 7. The van der Waals surface area contributed by atoms with Crippen molar-refractivity contribution in [3.63, 3.8) is 0 Å². The summed E-state index contributed by atoms with van der Waals surface area (Å²) in [6, 6.07) is 13.4. The van der Waals surface area contributed by atoms with Crippen molar-refractivity contribution in [1.29, 1.82) is 0 Å². The fourth-order valence-electron chi connectivity index (χ4n) is 5.76. The third kappa shape index (κ3) is 5.48. The minimum atomic E-state index is -1.27. The van der Waals surface area contributed by atoms with Crippen LogP contribution in [-0.4, -0.2) is 74.8 Å². The van der Waals surface area contributed by atoms with Gasteiger partial charge in [0.05, 0.1) is 60.5 Å². The topological polar surface area (TPSA) is 146 Å². The zero-order valence-corrected chi connectivity index (χ0v) is 23.9. The largest absolute Gasteiger partial charge is 0.504 e. The second-order valence-corrected chi connectivity index (χ2v) is 10.2. The highest BCUT2D eigenvalue weighted by Crippen LogP contribution is 2.52. The van der Waals surface area contributed by atoms with Gasteiger partial charge in [0, 0.05) is 23.5 Å². The van der Waals surface area contributed by atoms with Crippen LogP contribution >= 0.6 is 0 Å². The quantitative estimate of drug-likeness (QED) is 0.262. The molecule has 0 amide bonds. The van der Waals surface area contributed by atoms with E-state index < -0.39 is 18.8 Å². The SMILES string of the molecule is COc1cc(C2OCC3C(c4ccc(OC(CO)C(O)c5cc(OC)c(O)c(OC)c5)cc4OC)OCC23)ccc1O. The summed E-state index contributed by atoms with van der Waals surface area (Å²) in [5.74, 6) is 1.57. The van der Waals surface area contributed by atoms with Crippen LogP contribution in [0.2, 0.25) is 0 Å². The average molecular weight is 585 g/mol. The summed E-state index contributed by atoms with van der Waals surface area (Å²) >= 11 is 0. The molecule has 3 aromatic carbocycles. The molecule has 0 saturated carbocycles. The maximum absolute atomic E-state index is 11.0. The lowest BCUT2D eigenvalue weighted by molar-refractivity contribution is 0.000276. The second kappa shape index (κ2) is 12.5. The van der Waals surface area contributed by atoms with Crippen LogP contribution in [0.4, 0.5) is 0 Å². The highest BCUT2D eigenvalue weighted by atomic mass is 16.5. The lowest BCUT2D eigenvalue weighted by atomic mass is 9.84. The number of aromatic hydroxyl groups is 2. The molecule has 0 radical (unpaired) electrons. The number of phenolic OH excluding ortho intramolecular Hbond substituents is 2. The zero-order chi connectivity index (χ0) is 30.0. The first kappa shape index (κ1) is 29.6. The van der Waals surface area contributed by atoms with Crippen molar-refractivity contribution >= 4 is 0 Å². The van der Waals surface area contributed by atoms with Crippen molar-refractivity contribution < 1.29 is 53.6 Å². The fourth-order valence-corrected chi connectivity index (χ4v) is 5.76. The first-order valence-electron chi connectivity index (χ1n) is 13.5. The Labute approximate surface area is 243 Å². The highest BCUT2D eigenvalue weighted by Gasteiger charge is 2.49. The van der Waals surface area contributed by atoms with Crippen LogP contribution < -0.4 is 23.7 Å². The lowest BCUT2D eigenvalue weighted by Gasteiger charge is -2.25. The van der Waals surface area contributed by atoms with Gasteiger partial charge in [-0.15, -0.1) is 0 Å². The van der Waals surface area contributed by atoms with Crippen LogP contribution in [0.3, 0.4) is 0 Å². The third-order valence-electron chi connectivity index (χ3n) is 7.97. The molecule has 2 heterocycles. The van der Waals surface area contributed by atoms with E-state index in [1.165, 1.54) is 33.5 Å². The van der Waals surface area contributed by atoms with Gasteiger partial charge in [0.2, 0.25) is 5.75 Å². The molecule has 5 rings (SSSR count). The Hall–Kier alpha value is -3.90. The molecular formula is C31H36O11. The summed E-state index contributed by atoms with van der Waals surface area (Å²) in [5, 5.41) is 41.3. The molecule has 0 spiro atoms. The van der Waals surface area contributed by atoms with E-state index in [1.807, 2.05) is 12.1 Å².